The van der Waals surface area contributed by atoms with Crippen molar-refractivity contribution in [3.63, 3.8) is 0 Å². The van der Waals surface area contributed by atoms with Crippen molar-refractivity contribution in [2.24, 2.45) is 0 Å². The zero-order chi connectivity index (χ0) is 10.6. The Balaban J connectivity index is 2.70. The van der Waals surface area contributed by atoms with E-state index in [0.29, 0.717) is 5.69 Å². The molecule has 1 unspecified atom stereocenters. The third kappa shape index (κ3) is 2.68. The molecule has 1 aromatic rings. The van der Waals surface area contributed by atoms with Crippen LogP contribution in [-0.4, -0.2) is 24.1 Å². The van der Waals surface area contributed by atoms with E-state index < -0.39 is 6.10 Å². The number of nitrogens with one attached hydrogen (secondary N) is 1. The van der Waals surface area contributed by atoms with Crippen molar-refractivity contribution < 1.29 is 9.53 Å². The Morgan fingerprint density at radius 3 is 3.00 bits per heavy atom. The molecule has 0 aliphatic heterocycles. The van der Waals surface area contributed by atoms with Gasteiger partial charge in [0.1, 0.15) is 6.10 Å². The number of hydrogen-bond acceptors (Lipinski definition) is 3. The first kappa shape index (κ1) is 10.9. The number of rotatable bonds is 3. The second kappa shape index (κ2) is 4.93. The first-order chi connectivity index (χ1) is 6.65. The Labute approximate surface area is 87.2 Å². The standard InChI is InChI=1S/C9H11ClN2O2/c1-6(14-2)9(13)12-7-4-3-5-11-8(7)10/h3-6H,1-2H3,(H,12,13). The summed E-state index contributed by atoms with van der Waals surface area (Å²) in [4.78, 5) is 15.2. The highest BCUT2D eigenvalue weighted by atomic mass is 35.5. The van der Waals surface area contributed by atoms with E-state index >= 15 is 0 Å². The second-order valence-electron chi connectivity index (χ2n) is 2.71. The average Bonchev–Trinajstić information content (AvgIpc) is 2.20. The van der Waals surface area contributed by atoms with Gasteiger partial charge in [-0.1, -0.05) is 11.6 Å². The minimum Gasteiger partial charge on any atom is -0.372 e. The van der Waals surface area contributed by atoms with Crippen LogP contribution in [0.4, 0.5) is 5.69 Å². The van der Waals surface area contributed by atoms with Gasteiger partial charge in [0, 0.05) is 13.3 Å². The summed E-state index contributed by atoms with van der Waals surface area (Å²) >= 11 is 5.75. The number of aromatic nitrogens is 1. The number of nitrogens with zero attached hydrogens (tertiary/aromatic N) is 1. The number of carbonyl (C=O) groups excluding carboxylic acids is 1. The van der Waals surface area contributed by atoms with Crippen LogP contribution in [0.15, 0.2) is 18.3 Å². The molecule has 1 amide bonds. The largest absolute Gasteiger partial charge is 0.372 e. The molecule has 0 spiro atoms. The van der Waals surface area contributed by atoms with Crippen LogP contribution in [0.3, 0.4) is 0 Å². The minimum atomic E-state index is -0.508. The van der Waals surface area contributed by atoms with Crippen LogP contribution in [-0.2, 0) is 9.53 Å². The third-order valence-corrected chi connectivity index (χ3v) is 2.04. The van der Waals surface area contributed by atoms with Gasteiger partial charge < -0.3 is 10.1 Å². The lowest BCUT2D eigenvalue weighted by molar-refractivity contribution is -0.124. The van der Waals surface area contributed by atoms with E-state index in [1.165, 1.54) is 7.11 Å². The fourth-order valence-electron chi connectivity index (χ4n) is 0.821. The van der Waals surface area contributed by atoms with Gasteiger partial charge in [0.15, 0.2) is 5.15 Å². The Bertz CT molecular complexity index is 330. The lowest BCUT2D eigenvalue weighted by Gasteiger charge is -2.10. The van der Waals surface area contributed by atoms with E-state index in [0.717, 1.165) is 0 Å². The van der Waals surface area contributed by atoms with E-state index in [1.807, 2.05) is 0 Å². The monoisotopic (exact) mass is 214 g/mol. The molecule has 5 heteroatoms. The molecule has 0 aliphatic rings. The van der Waals surface area contributed by atoms with Crippen LogP contribution in [0.2, 0.25) is 5.15 Å². The van der Waals surface area contributed by atoms with Gasteiger partial charge in [0.05, 0.1) is 5.69 Å². The van der Waals surface area contributed by atoms with Crippen molar-refractivity contribution >= 4 is 23.2 Å². The third-order valence-electron chi connectivity index (χ3n) is 1.74. The molecular formula is C9H11ClN2O2. The van der Waals surface area contributed by atoms with Crippen molar-refractivity contribution in [1.29, 1.82) is 0 Å². The highest BCUT2D eigenvalue weighted by molar-refractivity contribution is 6.32. The molecule has 1 aromatic heterocycles. The molecule has 4 nitrogen and oxygen atoms in total. The van der Waals surface area contributed by atoms with Crippen LogP contribution in [0, 0.1) is 0 Å². The molecule has 1 N–H and O–H groups in total. The summed E-state index contributed by atoms with van der Waals surface area (Å²) in [5, 5.41) is 2.87. The number of ether oxygens (including phenoxy) is 1. The van der Waals surface area contributed by atoms with Crippen LogP contribution >= 0.6 is 11.6 Å². The first-order valence-electron chi connectivity index (χ1n) is 4.09. The van der Waals surface area contributed by atoms with Crippen molar-refractivity contribution in [2.45, 2.75) is 13.0 Å². The van der Waals surface area contributed by atoms with Crippen LogP contribution in [0.5, 0.6) is 0 Å². The highest BCUT2D eigenvalue weighted by Crippen LogP contribution is 2.17. The summed E-state index contributed by atoms with van der Waals surface area (Å²) in [6, 6.07) is 3.37. The maximum absolute atomic E-state index is 11.4. The Morgan fingerprint density at radius 2 is 2.43 bits per heavy atom. The normalized spacial score (nSPS) is 12.2. The zero-order valence-electron chi connectivity index (χ0n) is 7.95. The molecule has 76 valence electrons. The quantitative estimate of drug-likeness (QED) is 0.780. The highest BCUT2D eigenvalue weighted by Gasteiger charge is 2.12. The van der Waals surface area contributed by atoms with Crippen molar-refractivity contribution in [1.82, 2.24) is 4.98 Å². The van der Waals surface area contributed by atoms with E-state index in [2.05, 4.69) is 10.3 Å². The molecule has 0 saturated heterocycles. The zero-order valence-corrected chi connectivity index (χ0v) is 8.71. The first-order valence-corrected chi connectivity index (χ1v) is 4.47. The van der Waals surface area contributed by atoms with E-state index in [-0.39, 0.29) is 11.1 Å². The number of pyridine rings is 1. The Morgan fingerprint density at radius 1 is 1.71 bits per heavy atom. The van der Waals surface area contributed by atoms with Gasteiger partial charge in [-0.3, -0.25) is 4.79 Å². The minimum absolute atomic E-state index is 0.248. The smallest absolute Gasteiger partial charge is 0.253 e. The topological polar surface area (TPSA) is 51.2 Å². The number of methoxy groups -OCH3 is 1. The summed E-state index contributed by atoms with van der Waals surface area (Å²) in [5.74, 6) is -0.248. The van der Waals surface area contributed by atoms with E-state index in [4.69, 9.17) is 16.3 Å². The maximum Gasteiger partial charge on any atom is 0.253 e. The number of hydrogen-bond donors (Lipinski definition) is 1. The summed E-state index contributed by atoms with van der Waals surface area (Å²) in [5.41, 5.74) is 0.489. The summed E-state index contributed by atoms with van der Waals surface area (Å²) in [7, 11) is 1.47. The number of anilines is 1. The van der Waals surface area contributed by atoms with Crippen molar-refractivity contribution in [3.8, 4) is 0 Å². The second-order valence-corrected chi connectivity index (χ2v) is 3.07. The fraction of sp³-hybridized carbons (Fsp3) is 0.333. The van der Waals surface area contributed by atoms with Gasteiger partial charge in [-0.2, -0.15) is 0 Å². The predicted molar refractivity (Wildman–Crippen MR) is 54.3 cm³/mol. The summed E-state index contributed by atoms with van der Waals surface area (Å²) in [6.45, 7) is 1.65. The molecule has 0 bridgehead atoms. The predicted octanol–water partition coefficient (Wildman–Crippen LogP) is 1.71. The van der Waals surface area contributed by atoms with Crippen LogP contribution in [0.1, 0.15) is 6.92 Å². The van der Waals surface area contributed by atoms with Crippen LogP contribution in [0.25, 0.3) is 0 Å². The number of halogens is 1. The van der Waals surface area contributed by atoms with E-state index in [1.54, 1.807) is 25.3 Å². The van der Waals surface area contributed by atoms with Gasteiger partial charge >= 0.3 is 0 Å². The fourth-order valence-corrected chi connectivity index (χ4v) is 0.987. The molecule has 14 heavy (non-hydrogen) atoms. The number of carbonyl (C=O) groups is 1. The average molecular weight is 215 g/mol. The SMILES string of the molecule is COC(C)C(=O)Nc1cccnc1Cl. The van der Waals surface area contributed by atoms with Gasteiger partial charge in [-0.25, -0.2) is 4.98 Å². The molecule has 0 aliphatic carbocycles. The van der Waals surface area contributed by atoms with Gasteiger partial charge in [-0.15, -0.1) is 0 Å². The molecular weight excluding hydrogens is 204 g/mol. The lowest BCUT2D eigenvalue weighted by Crippen LogP contribution is -2.26. The van der Waals surface area contributed by atoms with Gasteiger partial charge in [0.25, 0.3) is 5.91 Å². The molecule has 1 rings (SSSR count). The van der Waals surface area contributed by atoms with Gasteiger partial charge in [-0.05, 0) is 19.1 Å². The molecule has 0 radical (unpaired) electrons. The van der Waals surface area contributed by atoms with Crippen LogP contribution < -0.4 is 5.32 Å². The molecule has 0 saturated carbocycles. The molecule has 1 atom stereocenters. The Hall–Kier alpha value is -1.13. The van der Waals surface area contributed by atoms with Gasteiger partial charge in [0.2, 0.25) is 0 Å². The maximum atomic E-state index is 11.4. The summed E-state index contributed by atoms with van der Waals surface area (Å²) in [6.07, 6.45) is 1.05. The Kier molecular flexibility index (Phi) is 3.85. The van der Waals surface area contributed by atoms with Crippen molar-refractivity contribution in [2.75, 3.05) is 12.4 Å². The molecule has 0 fully saturated rings. The molecule has 1 heterocycles. The lowest BCUT2D eigenvalue weighted by atomic mass is 10.3. The van der Waals surface area contributed by atoms with Crippen molar-refractivity contribution in [3.05, 3.63) is 23.5 Å². The molecule has 0 aromatic carbocycles. The summed E-state index contributed by atoms with van der Waals surface area (Å²) < 4.78 is 4.85. The van der Waals surface area contributed by atoms with E-state index in [9.17, 15) is 4.79 Å². The number of amides is 1.